The first-order chi connectivity index (χ1) is 9.03. The van der Waals surface area contributed by atoms with E-state index in [1.165, 1.54) is 0 Å². The average molecular weight is 262 g/mol. The minimum Gasteiger partial charge on any atom is -0.476 e. The molecule has 0 fully saturated rings. The third kappa shape index (κ3) is 4.90. The van der Waals surface area contributed by atoms with Crippen LogP contribution >= 0.6 is 0 Å². The van der Waals surface area contributed by atoms with E-state index in [0.717, 1.165) is 12.0 Å². The van der Waals surface area contributed by atoms with Crippen LogP contribution in [0.3, 0.4) is 0 Å². The molecule has 4 heteroatoms. The van der Waals surface area contributed by atoms with Crippen LogP contribution in [0.2, 0.25) is 0 Å². The van der Waals surface area contributed by atoms with Crippen LogP contribution in [0, 0.1) is 11.3 Å². The molecule has 2 atom stereocenters. The highest BCUT2D eigenvalue weighted by atomic mass is 16.5. The van der Waals surface area contributed by atoms with Gasteiger partial charge in [-0.25, -0.2) is 0 Å². The van der Waals surface area contributed by atoms with Gasteiger partial charge in [0.25, 0.3) is 0 Å². The summed E-state index contributed by atoms with van der Waals surface area (Å²) in [6.07, 6.45) is 0.423. The molecule has 0 amide bonds. The number of aliphatic hydroxyl groups is 1. The molecule has 0 aromatic heterocycles. The molecular formula is C15H22N2O2. The number of benzene rings is 1. The zero-order chi connectivity index (χ0) is 14.3. The maximum atomic E-state index is 9.32. The fraction of sp³-hybridized carbons (Fsp3) is 0.533. The average Bonchev–Trinajstić information content (AvgIpc) is 2.46. The van der Waals surface area contributed by atoms with Crippen LogP contribution < -0.4 is 10.1 Å². The molecule has 0 bridgehead atoms. The Balaban J connectivity index is 2.56. The SMILES string of the molecule is CCC(C)(CO)NCc1ccc(OC(C)C#N)cc1. The number of ether oxygens (including phenoxy) is 1. The molecule has 0 aliphatic rings. The summed E-state index contributed by atoms with van der Waals surface area (Å²) in [4.78, 5) is 0. The van der Waals surface area contributed by atoms with E-state index in [2.05, 4.69) is 5.32 Å². The van der Waals surface area contributed by atoms with Gasteiger partial charge in [-0.05, 0) is 38.0 Å². The Morgan fingerprint density at radius 3 is 2.53 bits per heavy atom. The Morgan fingerprint density at radius 2 is 2.05 bits per heavy atom. The number of hydrogen-bond acceptors (Lipinski definition) is 4. The molecule has 19 heavy (non-hydrogen) atoms. The number of rotatable bonds is 7. The van der Waals surface area contributed by atoms with Gasteiger partial charge in [0, 0.05) is 12.1 Å². The summed E-state index contributed by atoms with van der Waals surface area (Å²) in [5, 5.41) is 21.3. The molecule has 0 saturated carbocycles. The van der Waals surface area contributed by atoms with Gasteiger partial charge in [-0.15, -0.1) is 0 Å². The van der Waals surface area contributed by atoms with Crippen molar-refractivity contribution in [2.45, 2.75) is 45.4 Å². The smallest absolute Gasteiger partial charge is 0.181 e. The van der Waals surface area contributed by atoms with E-state index in [-0.39, 0.29) is 12.1 Å². The minimum absolute atomic E-state index is 0.115. The van der Waals surface area contributed by atoms with Gasteiger partial charge >= 0.3 is 0 Å². The number of hydrogen-bond donors (Lipinski definition) is 2. The Labute approximate surface area is 115 Å². The number of nitrogens with one attached hydrogen (secondary N) is 1. The molecule has 2 unspecified atom stereocenters. The quantitative estimate of drug-likeness (QED) is 0.791. The van der Waals surface area contributed by atoms with Crippen LogP contribution in [-0.4, -0.2) is 23.4 Å². The first kappa shape index (κ1) is 15.5. The normalized spacial score (nSPS) is 15.3. The molecule has 4 nitrogen and oxygen atoms in total. The second-order valence-electron chi connectivity index (χ2n) is 4.96. The van der Waals surface area contributed by atoms with Gasteiger partial charge < -0.3 is 15.2 Å². The Bertz CT molecular complexity index is 419. The fourth-order valence-corrected chi connectivity index (χ4v) is 1.52. The van der Waals surface area contributed by atoms with Crippen molar-refractivity contribution in [2.75, 3.05) is 6.61 Å². The van der Waals surface area contributed by atoms with Crippen LogP contribution in [0.5, 0.6) is 5.75 Å². The fourth-order valence-electron chi connectivity index (χ4n) is 1.52. The highest BCUT2D eigenvalue weighted by Crippen LogP contribution is 2.15. The highest BCUT2D eigenvalue weighted by molar-refractivity contribution is 5.27. The van der Waals surface area contributed by atoms with Gasteiger partial charge in [0.2, 0.25) is 0 Å². The van der Waals surface area contributed by atoms with E-state index < -0.39 is 6.10 Å². The Hall–Kier alpha value is -1.57. The standard InChI is InChI=1S/C15H22N2O2/c1-4-15(3,11-18)17-10-13-5-7-14(8-6-13)19-12(2)9-16/h5-8,12,17-18H,4,10-11H2,1-3H3. The molecule has 2 N–H and O–H groups in total. The summed E-state index contributed by atoms with van der Waals surface area (Å²) < 4.78 is 5.38. The first-order valence-electron chi connectivity index (χ1n) is 6.54. The largest absolute Gasteiger partial charge is 0.476 e. The van der Waals surface area contributed by atoms with E-state index in [4.69, 9.17) is 10.00 Å². The molecule has 0 radical (unpaired) electrons. The third-order valence-electron chi connectivity index (χ3n) is 3.27. The van der Waals surface area contributed by atoms with Crippen molar-refractivity contribution >= 4 is 0 Å². The van der Waals surface area contributed by atoms with Gasteiger partial charge in [0.1, 0.15) is 11.8 Å². The minimum atomic E-state index is -0.443. The summed E-state index contributed by atoms with van der Waals surface area (Å²) in [5.74, 6) is 0.693. The molecule has 1 aromatic rings. The van der Waals surface area contributed by atoms with Gasteiger partial charge in [0.05, 0.1) is 6.61 Å². The summed E-state index contributed by atoms with van der Waals surface area (Å²) in [6, 6.07) is 9.65. The van der Waals surface area contributed by atoms with E-state index in [1.807, 2.05) is 44.2 Å². The van der Waals surface area contributed by atoms with Gasteiger partial charge in [0.15, 0.2) is 6.10 Å². The van der Waals surface area contributed by atoms with Crippen LogP contribution in [0.4, 0.5) is 0 Å². The molecular weight excluding hydrogens is 240 g/mol. The number of nitrogens with zero attached hydrogens (tertiary/aromatic N) is 1. The lowest BCUT2D eigenvalue weighted by atomic mass is 10.00. The number of aliphatic hydroxyl groups excluding tert-OH is 1. The van der Waals surface area contributed by atoms with Gasteiger partial charge in [-0.3, -0.25) is 0 Å². The van der Waals surface area contributed by atoms with Crippen molar-refractivity contribution in [1.82, 2.24) is 5.32 Å². The molecule has 1 aromatic carbocycles. The predicted octanol–water partition coefficient (Wildman–Crippen LogP) is 2.23. The van der Waals surface area contributed by atoms with Crippen LogP contribution in [0.1, 0.15) is 32.8 Å². The topological polar surface area (TPSA) is 65.3 Å². The van der Waals surface area contributed by atoms with E-state index in [9.17, 15) is 5.11 Å². The van der Waals surface area contributed by atoms with Crippen molar-refractivity contribution in [3.63, 3.8) is 0 Å². The lowest BCUT2D eigenvalue weighted by Crippen LogP contribution is -2.44. The lowest BCUT2D eigenvalue weighted by Gasteiger charge is -2.27. The van der Waals surface area contributed by atoms with Crippen LogP contribution in [-0.2, 0) is 6.54 Å². The van der Waals surface area contributed by atoms with Gasteiger partial charge in [-0.2, -0.15) is 5.26 Å². The van der Waals surface area contributed by atoms with Crippen molar-refractivity contribution in [1.29, 1.82) is 5.26 Å². The van der Waals surface area contributed by atoms with Gasteiger partial charge in [-0.1, -0.05) is 19.1 Å². The summed E-state index contributed by atoms with van der Waals surface area (Å²) in [6.45, 7) is 6.56. The first-order valence-corrected chi connectivity index (χ1v) is 6.54. The Morgan fingerprint density at radius 1 is 1.42 bits per heavy atom. The van der Waals surface area contributed by atoms with E-state index in [0.29, 0.717) is 12.3 Å². The molecule has 0 aliphatic carbocycles. The maximum Gasteiger partial charge on any atom is 0.181 e. The van der Waals surface area contributed by atoms with Crippen LogP contribution in [0.25, 0.3) is 0 Å². The summed E-state index contributed by atoms with van der Waals surface area (Å²) in [5.41, 5.74) is 0.870. The lowest BCUT2D eigenvalue weighted by molar-refractivity contribution is 0.169. The van der Waals surface area contributed by atoms with E-state index in [1.54, 1.807) is 6.92 Å². The summed E-state index contributed by atoms with van der Waals surface area (Å²) in [7, 11) is 0. The highest BCUT2D eigenvalue weighted by Gasteiger charge is 2.19. The summed E-state index contributed by atoms with van der Waals surface area (Å²) >= 11 is 0. The third-order valence-corrected chi connectivity index (χ3v) is 3.27. The molecule has 0 saturated heterocycles. The van der Waals surface area contributed by atoms with Crippen molar-refractivity contribution < 1.29 is 9.84 Å². The zero-order valence-corrected chi connectivity index (χ0v) is 11.8. The zero-order valence-electron chi connectivity index (χ0n) is 11.8. The van der Waals surface area contributed by atoms with Crippen molar-refractivity contribution in [2.24, 2.45) is 0 Å². The second kappa shape index (κ2) is 7.13. The molecule has 0 spiro atoms. The van der Waals surface area contributed by atoms with Crippen molar-refractivity contribution in [3.05, 3.63) is 29.8 Å². The molecule has 0 aliphatic heterocycles. The monoisotopic (exact) mass is 262 g/mol. The maximum absolute atomic E-state index is 9.32. The molecule has 0 heterocycles. The number of nitriles is 1. The molecule has 1 rings (SSSR count). The van der Waals surface area contributed by atoms with Crippen LogP contribution in [0.15, 0.2) is 24.3 Å². The Kier molecular flexibility index (Phi) is 5.81. The molecule has 104 valence electrons. The predicted molar refractivity (Wildman–Crippen MR) is 74.8 cm³/mol. The van der Waals surface area contributed by atoms with Crippen molar-refractivity contribution in [3.8, 4) is 11.8 Å². The second-order valence-corrected chi connectivity index (χ2v) is 4.96. The van der Waals surface area contributed by atoms with E-state index >= 15 is 0 Å².